The summed E-state index contributed by atoms with van der Waals surface area (Å²) in [5, 5.41) is 2.83. The van der Waals surface area contributed by atoms with E-state index >= 15 is 0 Å². The van der Waals surface area contributed by atoms with Gasteiger partial charge in [0.15, 0.2) is 0 Å². The molecule has 0 saturated carbocycles. The van der Waals surface area contributed by atoms with E-state index in [0.717, 1.165) is 29.7 Å². The SMILES string of the molecule is Cc1ccc(S(=O)(=O)N(CC(=O)NCCCN(C)C)c2ccc(C)c(C)c2)cc1. The number of hydrogen-bond donors (Lipinski definition) is 1. The predicted molar refractivity (Wildman–Crippen MR) is 118 cm³/mol. The van der Waals surface area contributed by atoms with Crippen LogP contribution >= 0.6 is 0 Å². The smallest absolute Gasteiger partial charge is 0.264 e. The van der Waals surface area contributed by atoms with Crippen molar-refractivity contribution in [1.82, 2.24) is 10.2 Å². The number of carbonyl (C=O) groups excluding carboxylic acids is 1. The second kappa shape index (κ2) is 9.89. The van der Waals surface area contributed by atoms with Gasteiger partial charge in [0.1, 0.15) is 6.54 Å². The molecule has 0 fully saturated rings. The monoisotopic (exact) mass is 417 g/mol. The van der Waals surface area contributed by atoms with Gasteiger partial charge in [-0.1, -0.05) is 23.8 Å². The molecular formula is C22H31N3O3S. The molecule has 0 heterocycles. The Labute approximate surface area is 174 Å². The molecule has 0 radical (unpaired) electrons. The lowest BCUT2D eigenvalue weighted by Crippen LogP contribution is -2.41. The lowest BCUT2D eigenvalue weighted by molar-refractivity contribution is -0.119. The summed E-state index contributed by atoms with van der Waals surface area (Å²) >= 11 is 0. The van der Waals surface area contributed by atoms with E-state index in [0.29, 0.717) is 12.2 Å². The second-order valence-corrected chi connectivity index (χ2v) is 9.46. The Morgan fingerprint density at radius 3 is 2.21 bits per heavy atom. The van der Waals surface area contributed by atoms with Gasteiger partial charge in [0.2, 0.25) is 5.91 Å². The average molecular weight is 418 g/mol. The second-order valence-electron chi connectivity index (χ2n) is 7.60. The number of amides is 1. The summed E-state index contributed by atoms with van der Waals surface area (Å²) in [4.78, 5) is 14.7. The molecule has 1 amide bonds. The number of nitrogens with zero attached hydrogens (tertiary/aromatic N) is 2. The third kappa shape index (κ3) is 6.30. The van der Waals surface area contributed by atoms with Crippen LogP contribution in [0.3, 0.4) is 0 Å². The van der Waals surface area contributed by atoms with Gasteiger partial charge in [-0.3, -0.25) is 9.10 Å². The molecule has 0 aliphatic rings. The van der Waals surface area contributed by atoms with Crippen molar-refractivity contribution in [2.24, 2.45) is 0 Å². The Balaban J connectivity index is 2.29. The van der Waals surface area contributed by atoms with Gasteiger partial charge in [0.05, 0.1) is 10.6 Å². The lowest BCUT2D eigenvalue weighted by atomic mass is 10.1. The molecule has 1 N–H and O–H groups in total. The quantitative estimate of drug-likeness (QED) is 0.637. The summed E-state index contributed by atoms with van der Waals surface area (Å²) in [5.41, 5.74) is 3.49. The highest BCUT2D eigenvalue weighted by Crippen LogP contribution is 2.25. The number of benzene rings is 2. The molecule has 158 valence electrons. The Morgan fingerprint density at radius 2 is 1.62 bits per heavy atom. The number of sulfonamides is 1. The van der Waals surface area contributed by atoms with Crippen LogP contribution in [0.25, 0.3) is 0 Å². The zero-order valence-corrected chi connectivity index (χ0v) is 18.7. The number of hydrogen-bond acceptors (Lipinski definition) is 4. The van der Waals surface area contributed by atoms with Crippen LogP contribution < -0.4 is 9.62 Å². The van der Waals surface area contributed by atoms with Gasteiger partial charge in [0.25, 0.3) is 10.0 Å². The summed E-state index contributed by atoms with van der Waals surface area (Å²) in [6.45, 7) is 6.89. The fourth-order valence-electron chi connectivity index (χ4n) is 2.84. The van der Waals surface area contributed by atoms with E-state index in [2.05, 4.69) is 5.32 Å². The van der Waals surface area contributed by atoms with Gasteiger partial charge in [-0.2, -0.15) is 0 Å². The minimum atomic E-state index is -3.88. The van der Waals surface area contributed by atoms with Crippen LogP contribution in [-0.2, 0) is 14.8 Å². The summed E-state index contributed by atoms with van der Waals surface area (Å²) in [6.07, 6.45) is 0.799. The zero-order valence-electron chi connectivity index (χ0n) is 17.9. The molecule has 0 aliphatic carbocycles. The van der Waals surface area contributed by atoms with E-state index in [9.17, 15) is 13.2 Å². The first-order valence-corrected chi connectivity index (χ1v) is 11.1. The minimum absolute atomic E-state index is 0.168. The van der Waals surface area contributed by atoms with Crippen LogP contribution in [0.4, 0.5) is 5.69 Å². The summed E-state index contributed by atoms with van der Waals surface area (Å²) < 4.78 is 27.9. The highest BCUT2D eigenvalue weighted by Gasteiger charge is 2.27. The van der Waals surface area contributed by atoms with Gasteiger partial charge in [-0.05, 0) is 83.2 Å². The molecular weight excluding hydrogens is 386 g/mol. The van der Waals surface area contributed by atoms with Crippen LogP contribution in [0.5, 0.6) is 0 Å². The highest BCUT2D eigenvalue weighted by molar-refractivity contribution is 7.92. The molecule has 7 heteroatoms. The zero-order chi connectivity index (χ0) is 21.6. The van der Waals surface area contributed by atoms with Crippen LogP contribution in [-0.4, -0.2) is 53.0 Å². The summed E-state index contributed by atoms with van der Waals surface area (Å²) in [5.74, 6) is -0.322. The Kier molecular flexibility index (Phi) is 7.81. The van der Waals surface area contributed by atoms with E-state index in [4.69, 9.17) is 0 Å². The number of nitrogens with one attached hydrogen (secondary N) is 1. The van der Waals surface area contributed by atoms with Crippen LogP contribution in [0.2, 0.25) is 0 Å². The molecule has 2 aromatic carbocycles. The van der Waals surface area contributed by atoms with E-state index in [1.807, 2.05) is 45.8 Å². The van der Waals surface area contributed by atoms with Gasteiger partial charge in [0, 0.05) is 6.54 Å². The molecule has 29 heavy (non-hydrogen) atoms. The third-order valence-electron chi connectivity index (χ3n) is 4.78. The molecule has 0 saturated heterocycles. The fraction of sp³-hybridized carbons (Fsp3) is 0.409. The molecule has 0 bridgehead atoms. The van der Waals surface area contributed by atoms with Gasteiger partial charge in [-0.25, -0.2) is 8.42 Å². The normalized spacial score (nSPS) is 11.5. The van der Waals surface area contributed by atoms with Crippen molar-refractivity contribution >= 4 is 21.6 Å². The first kappa shape index (κ1) is 22.9. The summed E-state index contributed by atoms with van der Waals surface area (Å²) in [7, 11) is 0.0640. The molecule has 0 aromatic heterocycles. The largest absolute Gasteiger partial charge is 0.354 e. The standard InChI is InChI=1S/C22H31N3O3S/c1-17-7-11-21(12-8-17)29(27,28)25(20-10-9-18(2)19(3)15-20)16-22(26)23-13-6-14-24(4)5/h7-12,15H,6,13-14,16H2,1-5H3,(H,23,26). The number of anilines is 1. The Hall–Kier alpha value is -2.38. The molecule has 0 atom stereocenters. The van der Waals surface area contributed by atoms with Crippen molar-refractivity contribution in [3.63, 3.8) is 0 Å². The first-order valence-electron chi connectivity index (χ1n) is 9.69. The molecule has 0 unspecified atom stereocenters. The maximum atomic E-state index is 13.3. The third-order valence-corrected chi connectivity index (χ3v) is 6.57. The maximum Gasteiger partial charge on any atom is 0.264 e. The molecule has 2 aromatic rings. The highest BCUT2D eigenvalue weighted by atomic mass is 32.2. The van der Waals surface area contributed by atoms with Crippen molar-refractivity contribution < 1.29 is 13.2 Å². The minimum Gasteiger partial charge on any atom is -0.354 e. The maximum absolute atomic E-state index is 13.3. The van der Waals surface area contributed by atoms with E-state index in [1.54, 1.807) is 36.4 Å². The first-order chi connectivity index (χ1) is 13.6. The molecule has 0 aliphatic heterocycles. The molecule has 0 spiro atoms. The van der Waals surface area contributed by atoms with Crippen molar-refractivity contribution in [3.8, 4) is 0 Å². The van der Waals surface area contributed by atoms with Crippen molar-refractivity contribution in [2.45, 2.75) is 32.1 Å². The number of aryl methyl sites for hydroxylation is 3. The van der Waals surface area contributed by atoms with E-state index in [-0.39, 0.29) is 17.3 Å². The van der Waals surface area contributed by atoms with Crippen LogP contribution in [0.15, 0.2) is 47.4 Å². The van der Waals surface area contributed by atoms with E-state index in [1.165, 1.54) is 4.31 Å². The van der Waals surface area contributed by atoms with Gasteiger partial charge in [-0.15, -0.1) is 0 Å². The van der Waals surface area contributed by atoms with Crippen LogP contribution in [0.1, 0.15) is 23.1 Å². The number of rotatable bonds is 9. The lowest BCUT2D eigenvalue weighted by Gasteiger charge is -2.25. The van der Waals surface area contributed by atoms with Gasteiger partial charge < -0.3 is 10.2 Å². The molecule has 2 rings (SSSR count). The Bertz CT molecular complexity index is 938. The van der Waals surface area contributed by atoms with Crippen molar-refractivity contribution in [2.75, 3.05) is 38.0 Å². The topological polar surface area (TPSA) is 69.7 Å². The molecule has 6 nitrogen and oxygen atoms in total. The van der Waals surface area contributed by atoms with Gasteiger partial charge >= 0.3 is 0 Å². The number of carbonyl (C=O) groups is 1. The van der Waals surface area contributed by atoms with E-state index < -0.39 is 10.0 Å². The van der Waals surface area contributed by atoms with Crippen LogP contribution in [0, 0.1) is 20.8 Å². The summed E-state index contributed by atoms with van der Waals surface area (Å²) in [6, 6.07) is 12.1. The fourth-order valence-corrected chi connectivity index (χ4v) is 4.26. The predicted octanol–water partition coefficient (Wildman–Crippen LogP) is 2.88. The average Bonchev–Trinajstić information content (AvgIpc) is 2.66. The Morgan fingerprint density at radius 1 is 0.966 bits per heavy atom. The van der Waals surface area contributed by atoms with Crippen molar-refractivity contribution in [1.29, 1.82) is 0 Å². The van der Waals surface area contributed by atoms with Crippen molar-refractivity contribution in [3.05, 3.63) is 59.2 Å².